The number of carbonyl (C=O) groups excluding carboxylic acids is 1. The molecule has 0 aromatic heterocycles. The smallest absolute Gasteiger partial charge is 0.239 e. The molecule has 0 spiro atoms. The molecule has 1 aliphatic heterocycles. The van der Waals surface area contributed by atoms with Crippen LogP contribution in [0.15, 0.2) is 24.3 Å². The van der Waals surface area contributed by atoms with Crippen LogP contribution in [0, 0.1) is 0 Å². The molecule has 1 unspecified atom stereocenters. The van der Waals surface area contributed by atoms with E-state index in [9.17, 15) is 4.79 Å². The van der Waals surface area contributed by atoms with Crippen molar-refractivity contribution >= 4 is 30.7 Å². The zero-order valence-corrected chi connectivity index (χ0v) is 16.2. The van der Waals surface area contributed by atoms with Crippen molar-refractivity contribution in [2.24, 2.45) is 5.73 Å². The molecule has 5 nitrogen and oxygen atoms in total. The number of carbonyl (C=O) groups is 1. The first-order chi connectivity index (χ1) is 10.4. The molecular weight excluding hydrogens is 349 g/mol. The number of hydrogen-bond acceptors (Lipinski definition) is 4. The molecule has 2 rings (SSSR count). The van der Waals surface area contributed by atoms with Crippen LogP contribution in [0.25, 0.3) is 0 Å². The summed E-state index contributed by atoms with van der Waals surface area (Å²) < 4.78 is 5.50. The third-order valence-electron chi connectivity index (χ3n) is 4.12. The molecule has 1 amide bonds. The molecule has 0 radical (unpaired) electrons. The van der Waals surface area contributed by atoms with Crippen LogP contribution in [0.1, 0.15) is 38.3 Å². The Morgan fingerprint density at radius 2 is 1.88 bits per heavy atom. The molecule has 0 aliphatic carbocycles. The number of halogens is 2. The van der Waals surface area contributed by atoms with Gasteiger partial charge in [0, 0.05) is 12.1 Å². The summed E-state index contributed by atoms with van der Waals surface area (Å²) >= 11 is 0. The number of nitrogens with zero attached hydrogens (tertiary/aromatic N) is 1. The summed E-state index contributed by atoms with van der Waals surface area (Å²) in [5, 5.41) is 2.99. The number of amides is 1. The number of para-hydroxylation sites is 1. The van der Waals surface area contributed by atoms with E-state index in [2.05, 4.69) is 16.3 Å². The minimum atomic E-state index is -0.865. The molecule has 0 saturated carbocycles. The molecule has 0 bridgehead atoms. The quantitative estimate of drug-likeness (QED) is 0.798. The summed E-state index contributed by atoms with van der Waals surface area (Å²) in [4.78, 5) is 14.5. The lowest BCUT2D eigenvalue weighted by Gasteiger charge is -2.30. The Labute approximate surface area is 157 Å². The zero-order valence-electron chi connectivity index (χ0n) is 14.6. The number of methoxy groups -OCH3 is 1. The number of benzene rings is 1. The molecule has 138 valence electrons. The van der Waals surface area contributed by atoms with Crippen LogP contribution in [0.5, 0.6) is 5.75 Å². The Kier molecular flexibility index (Phi) is 9.66. The van der Waals surface area contributed by atoms with Crippen LogP contribution >= 0.6 is 24.8 Å². The second kappa shape index (κ2) is 10.1. The van der Waals surface area contributed by atoms with Crippen molar-refractivity contribution in [2.75, 3.05) is 26.7 Å². The topological polar surface area (TPSA) is 67.6 Å². The van der Waals surface area contributed by atoms with Gasteiger partial charge in [-0.1, -0.05) is 18.2 Å². The van der Waals surface area contributed by atoms with Gasteiger partial charge in [-0.3, -0.25) is 9.69 Å². The fourth-order valence-corrected chi connectivity index (χ4v) is 2.85. The summed E-state index contributed by atoms with van der Waals surface area (Å²) in [7, 11) is 1.68. The van der Waals surface area contributed by atoms with Crippen molar-refractivity contribution in [3.63, 3.8) is 0 Å². The molecule has 1 saturated heterocycles. The minimum absolute atomic E-state index is 0. The van der Waals surface area contributed by atoms with Gasteiger partial charge in [-0.2, -0.15) is 0 Å². The minimum Gasteiger partial charge on any atom is -0.496 e. The molecule has 1 aromatic rings. The van der Waals surface area contributed by atoms with Crippen molar-refractivity contribution in [3.8, 4) is 5.75 Å². The lowest BCUT2D eigenvalue weighted by atomic mass is 10.0. The van der Waals surface area contributed by atoms with E-state index in [-0.39, 0.29) is 36.8 Å². The molecule has 1 aromatic carbocycles. The van der Waals surface area contributed by atoms with Gasteiger partial charge in [-0.05, 0) is 45.8 Å². The van der Waals surface area contributed by atoms with Gasteiger partial charge in [0.25, 0.3) is 0 Å². The Hall–Kier alpha value is -1.01. The molecule has 1 fully saturated rings. The van der Waals surface area contributed by atoms with E-state index in [1.165, 1.54) is 12.8 Å². The number of nitrogens with two attached hydrogens (primary N) is 1. The van der Waals surface area contributed by atoms with Gasteiger partial charge in [-0.25, -0.2) is 0 Å². The normalized spacial score (nSPS) is 15.8. The predicted molar refractivity (Wildman–Crippen MR) is 102 cm³/mol. The summed E-state index contributed by atoms with van der Waals surface area (Å²) in [5.41, 5.74) is 6.11. The van der Waals surface area contributed by atoms with Gasteiger partial charge < -0.3 is 15.8 Å². The van der Waals surface area contributed by atoms with Crippen molar-refractivity contribution < 1.29 is 9.53 Å². The molecule has 3 N–H and O–H groups in total. The first-order valence-corrected chi connectivity index (χ1v) is 7.87. The van der Waals surface area contributed by atoms with E-state index in [1.807, 2.05) is 18.2 Å². The highest BCUT2D eigenvalue weighted by atomic mass is 35.5. The van der Waals surface area contributed by atoms with E-state index in [1.54, 1.807) is 21.0 Å². The van der Waals surface area contributed by atoms with Gasteiger partial charge in [-0.15, -0.1) is 24.8 Å². The fraction of sp³-hybridized carbons (Fsp3) is 0.588. The van der Waals surface area contributed by atoms with Crippen LogP contribution < -0.4 is 15.8 Å². The van der Waals surface area contributed by atoms with Gasteiger partial charge in [0.15, 0.2) is 0 Å². The number of likely N-dealkylation sites (tertiary alicyclic amines) is 1. The second-order valence-electron chi connectivity index (χ2n) is 6.43. The number of rotatable bonds is 6. The van der Waals surface area contributed by atoms with E-state index >= 15 is 0 Å². The molecule has 1 heterocycles. The maximum Gasteiger partial charge on any atom is 0.239 e. The van der Waals surface area contributed by atoms with Crippen molar-refractivity contribution in [3.05, 3.63) is 29.8 Å². The van der Waals surface area contributed by atoms with E-state index in [4.69, 9.17) is 10.5 Å². The largest absolute Gasteiger partial charge is 0.496 e. The molecule has 1 aliphatic rings. The third-order valence-corrected chi connectivity index (χ3v) is 4.12. The second-order valence-corrected chi connectivity index (χ2v) is 6.43. The summed E-state index contributed by atoms with van der Waals surface area (Å²) in [6.07, 6.45) is 2.39. The Morgan fingerprint density at radius 1 is 1.29 bits per heavy atom. The standard InChI is InChI=1S/C17H27N3O2.2ClH/c1-17(2,18)16(21)19-12-14(20-10-6-7-11-20)13-8-4-5-9-15(13)22-3;;/h4-5,8-9,14H,6-7,10-12,18H2,1-3H3,(H,19,21);2*1H. The number of nitrogens with one attached hydrogen (secondary N) is 1. The average molecular weight is 378 g/mol. The van der Waals surface area contributed by atoms with Crippen LogP contribution in [-0.2, 0) is 4.79 Å². The Bertz CT molecular complexity index is 515. The molecular formula is C17H29Cl2N3O2. The molecule has 24 heavy (non-hydrogen) atoms. The first-order valence-electron chi connectivity index (χ1n) is 7.87. The van der Waals surface area contributed by atoms with Crippen molar-refractivity contribution in [1.29, 1.82) is 0 Å². The van der Waals surface area contributed by atoms with Crippen LogP contribution in [-0.4, -0.2) is 43.1 Å². The van der Waals surface area contributed by atoms with Crippen molar-refractivity contribution in [1.82, 2.24) is 10.2 Å². The maximum atomic E-state index is 12.1. The summed E-state index contributed by atoms with van der Waals surface area (Å²) in [6.45, 7) is 6.07. The highest BCUT2D eigenvalue weighted by Gasteiger charge is 2.28. The average Bonchev–Trinajstić information content (AvgIpc) is 3.01. The first kappa shape index (κ1) is 23.0. The SMILES string of the molecule is COc1ccccc1C(CNC(=O)C(C)(C)N)N1CCCC1.Cl.Cl. The van der Waals surface area contributed by atoms with Crippen LogP contribution in [0.2, 0.25) is 0 Å². The van der Waals surface area contributed by atoms with Gasteiger partial charge in [0.1, 0.15) is 5.75 Å². The van der Waals surface area contributed by atoms with Crippen LogP contribution in [0.4, 0.5) is 0 Å². The van der Waals surface area contributed by atoms with Crippen LogP contribution in [0.3, 0.4) is 0 Å². The highest BCUT2D eigenvalue weighted by molar-refractivity contribution is 5.86. The fourth-order valence-electron chi connectivity index (χ4n) is 2.85. The van der Waals surface area contributed by atoms with E-state index in [0.29, 0.717) is 6.54 Å². The predicted octanol–water partition coefficient (Wildman–Crippen LogP) is 2.53. The monoisotopic (exact) mass is 377 g/mol. The van der Waals surface area contributed by atoms with E-state index < -0.39 is 5.54 Å². The molecule has 7 heteroatoms. The van der Waals surface area contributed by atoms with Crippen molar-refractivity contribution in [2.45, 2.75) is 38.3 Å². The van der Waals surface area contributed by atoms with E-state index in [0.717, 1.165) is 24.4 Å². The maximum absolute atomic E-state index is 12.1. The number of hydrogen-bond donors (Lipinski definition) is 2. The Morgan fingerprint density at radius 3 is 2.42 bits per heavy atom. The van der Waals surface area contributed by atoms with Gasteiger partial charge in [0.05, 0.1) is 18.7 Å². The summed E-state index contributed by atoms with van der Waals surface area (Å²) in [6, 6.07) is 8.12. The Balaban J connectivity index is 0.00000264. The van der Waals surface area contributed by atoms with Gasteiger partial charge in [0.2, 0.25) is 5.91 Å². The third kappa shape index (κ3) is 5.81. The highest BCUT2D eigenvalue weighted by Crippen LogP contribution is 2.31. The lowest BCUT2D eigenvalue weighted by Crippen LogP contribution is -2.51. The zero-order chi connectivity index (χ0) is 16.2. The molecule has 1 atom stereocenters. The number of ether oxygens (including phenoxy) is 1. The van der Waals surface area contributed by atoms with Gasteiger partial charge >= 0.3 is 0 Å². The lowest BCUT2D eigenvalue weighted by molar-refractivity contribution is -0.125. The summed E-state index contributed by atoms with van der Waals surface area (Å²) in [5.74, 6) is 0.729.